The SMILES string of the molecule is Cc1nc(C2CCN(c3noc(-c4ccccc4)n3)CC2)cc(=O)[nH]1. The van der Waals surface area contributed by atoms with Gasteiger partial charge >= 0.3 is 0 Å². The molecule has 7 heteroatoms. The molecule has 128 valence electrons. The maximum Gasteiger partial charge on any atom is 0.266 e. The van der Waals surface area contributed by atoms with Crippen LogP contribution in [0.1, 0.15) is 30.3 Å². The van der Waals surface area contributed by atoms with Crippen molar-refractivity contribution in [1.82, 2.24) is 20.1 Å². The number of H-pyrrole nitrogens is 1. The minimum atomic E-state index is -0.0874. The largest absolute Gasteiger partial charge is 0.338 e. The molecule has 4 rings (SSSR count). The molecule has 0 bridgehead atoms. The van der Waals surface area contributed by atoms with Gasteiger partial charge in [-0.2, -0.15) is 4.98 Å². The fourth-order valence-electron chi connectivity index (χ4n) is 3.23. The van der Waals surface area contributed by atoms with Crippen LogP contribution in [0.2, 0.25) is 0 Å². The number of aryl methyl sites for hydroxylation is 1. The molecule has 7 nitrogen and oxygen atoms in total. The zero-order valence-electron chi connectivity index (χ0n) is 14.0. The van der Waals surface area contributed by atoms with E-state index in [4.69, 9.17) is 4.52 Å². The van der Waals surface area contributed by atoms with E-state index in [9.17, 15) is 4.79 Å². The Kier molecular flexibility index (Phi) is 4.05. The van der Waals surface area contributed by atoms with Crippen molar-refractivity contribution < 1.29 is 4.52 Å². The third kappa shape index (κ3) is 3.31. The molecule has 0 aliphatic carbocycles. The van der Waals surface area contributed by atoms with Gasteiger partial charge in [0, 0.05) is 30.6 Å². The molecule has 1 aromatic carbocycles. The van der Waals surface area contributed by atoms with Gasteiger partial charge in [0.15, 0.2) is 0 Å². The fourth-order valence-corrected chi connectivity index (χ4v) is 3.23. The summed E-state index contributed by atoms with van der Waals surface area (Å²) in [5.41, 5.74) is 1.70. The Hall–Kier alpha value is -2.96. The molecule has 1 aliphatic rings. The Morgan fingerprint density at radius 2 is 1.92 bits per heavy atom. The monoisotopic (exact) mass is 337 g/mol. The van der Waals surface area contributed by atoms with Crippen LogP contribution in [0.4, 0.5) is 5.95 Å². The third-order valence-corrected chi connectivity index (χ3v) is 4.51. The highest BCUT2D eigenvalue weighted by atomic mass is 16.5. The van der Waals surface area contributed by atoms with E-state index >= 15 is 0 Å². The number of rotatable bonds is 3. The van der Waals surface area contributed by atoms with Gasteiger partial charge in [-0.1, -0.05) is 18.2 Å². The summed E-state index contributed by atoms with van der Waals surface area (Å²) in [6, 6.07) is 11.3. The highest BCUT2D eigenvalue weighted by Gasteiger charge is 2.25. The Morgan fingerprint density at radius 3 is 2.64 bits per heavy atom. The maximum absolute atomic E-state index is 11.6. The van der Waals surface area contributed by atoms with Crippen LogP contribution in [0, 0.1) is 6.92 Å². The Balaban J connectivity index is 1.45. The second-order valence-corrected chi connectivity index (χ2v) is 6.28. The van der Waals surface area contributed by atoms with Crippen molar-refractivity contribution in [3.05, 3.63) is 58.3 Å². The van der Waals surface area contributed by atoms with Crippen LogP contribution in [0.25, 0.3) is 11.5 Å². The number of nitrogens with one attached hydrogen (secondary N) is 1. The number of hydrogen-bond donors (Lipinski definition) is 1. The van der Waals surface area contributed by atoms with Crippen molar-refractivity contribution in [2.75, 3.05) is 18.0 Å². The topological polar surface area (TPSA) is 87.9 Å². The summed E-state index contributed by atoms with van der Waals surface area (Å²) in [5, 5.41) is 4.11. The molecule has 0 saturated carbocycles. The van der Waals surface area contributed by atoms with E-state index in [0.717, 1.165) is 37.2 Å². The van der Waals surface area contributed by atoms with Crippen LogP contribution < -0.4 is 10.5 Å². The minimum absolute atomic E-state index is 0.0874. The normalized spacial score (nSPS) is 15.5. The summed E-state index contributed by atoms with van der Waals surface area (Å²) in [4.78, 5) is 25.4. The van der Waals surface area contributed by atoms with E-state index in [0.29, 0.717) is 17.7 Å². The zero-order chi connectivity index (χ0) is 17.2. The molecule has 0 unspecified atom stereocenters. The molecule has 0 atom stereocenters. The van der Waals surface area contributed by atoms with Crippen LogP contribution >= 0.6 is 0 Å². The minimum Gasteiger partial charge on any atom is -0.338 e. The molecule has 0 spiro atoms. The molecule has 1 saturated heterocycles. The van der Waals surface area contributed by atoms with Crippen LogP contribution in [-0.4, -0.2) is 33.2 Å². The van der Waals surface area contributed by atoms with Gasteiger partial charge in [-0.05, 0) is 37.1 Å². The smallest absolute Gasteiger partial charge is 0.266 e. The number of nitrogens with zero attached hydrogens (tertiary/aromatic N) is 4. The molecule has 2 aromatic heterocycles. The van der Waals surface area contributed by atoms with Crippen molar-refractivity contribution in [3.63, 3.8) is 0 Å². The molecule has 0 amide bonds. The summed E-state index contributed by atoms with van der Waals surface area (Å²) in [6.07, 6.45) is 1.82. The fraction of sp³-hybridized carbons (Fsp3) is 0.333. The second kappa shape index (κ2) is 6.51. The van der Waals surface area contributed by atoms with Crippen LogP contribution in [0.3, 0.4) is 0 Å². The Bertz CT molecular complexity index is 910. The molecule has 3 heterocycles. The van der Waals surface area contributed by atoms with Crippen LogP contribution in [0.15, 0.2) is 45.7 Å². The average molecular weight is 337 g/mol. The van der Waals surface area contributed by atoms with E-state index in [1.165, 1.54) is 0 Å². The van der Waals surface area contributed by atoms with Crippen LogP contribution in [0.5, 0.6) is 0 Å². The standard InChI is InChI=1S/C18H19N5O2/c1-12-19-15(11-16(24)20-12)13-7-9-23(10-8-13)18-21-17(25-22-18)14-5-3-2-4-6-14/h2-6,11,13H,7-10H2,1H3,(H,19,20,24). The molecular weight excluding hydrogens is 318 g/mol. The van der Waals surface area contributed by atoms with Gasteiger partial charge < -0.3 is 14.4 Å². The first-order valence-corrected chi connectivity index (χ1v) is 8.41. The van der Waals surface area contributed by atoms with Gasteiger partial charge in [-0.3, -0.25) is 4.79 Å². The van der Waals surface area contributed by atoms with Gasteiger partial charge in [0.1, 0.15) is 5.82 Å². The van der Waals surface area contributed by atoms with E-state index in [1.807, 2.05) is 37.3 Å². The molecule has 1 fully saturated rings. The van der Waals surface area contributed by atoms with Crippen LogP contribution in [-0.2, 0) is 0 Å². The summed E-state index contributed by atoms with van der Waals surface area (Å²) in [7, 11) is 0. The predicted octanol–water partition coefficient (Wildman–Crippen LogP) is 2.51. The molecule has 1 N–H and O–H groups in total. The van der Waals surface area contributed by atoms with E-state index in [-0.39, 0.29) is 11.5 Å². The lowest BCUT2D eigenvalue weighted by Gasteiger charge is -2.30. The van der Waals surface area contributed by atoms with Crippen molar-refractivity contribution in [2.45, 2.75) is 25.7 Å². The first-order valence-electron chi connectivity index (χ1n) is 8.41. The first-order chi connectivity index (χ1) is 12.2. The lowest BCUT2D eigenvalue weighted by molar-refractivity contribution is 0.422. The Morgan fingerprint density at radius 1 is 1.16 bits per heavy atom. The number of benzene rings is 1. The van der Waals surface area contributed by atoms with E-state index in [1.54, 1.807) is 6.07 Å². The highest BCUT2D eigenvalue weighted by molar-refractivity contribution is 5.54. The highest BCUT2D eigenvalue weighted by Crippen LogP contribution is 2.29. The van der Waals surface area contributed by atoms with E-state index < -0.39 is 0 Å². The quantitative estimate of drug-likeness (QED) is 0.790. The zero-order valence-corrected chi connectivity index (χ0v) is 14.0. The lowest BCUT2D eigenvalue weighted by Crippen LogP contribution is -2.34. The Labute approximate surface area is 144 Å². The van der Waals surface area contributed by atoms with Gasteiger partial charge in [0.2, 0.25) is 0 Å². The molecule has 0 radical (unpaired) electrons. The van der Waals surface area contributed by atoms with Gasteiger partial charge in [0.05, 0.1) is 5.69 Å². The number of anilines is 1. The molecule has 3 aromatic rings. The molecule has 1 aliphatic heterocycles. The number of piperidine rings is 1. The summed E-state index contributed by atoms with van der Waals surface area (Å²) in [6.45, 7) is 3.43. The van der Waals surface area contributed by atoms with Gasteiger partial charge in [-0.25, -0.2) is 4.98 Å². The number of hydrogen-bond acceptors (Lipinski definition) is 6. The first kappa shape index (κ1) is 15.6. The number of aromatic amines is 1. The van der Waals surface area contributed by atoms with Crippen molar-refractivity contribution in [3.8, 4) is 11.5 Å². The maximum atomic E-state index is 11.6. The lowest BCUT2D eigenvalue weighted by atomic mass is 9.93. The predicted molar refractivity (Wildman–Crippen MR) is 93.5 cm³/mol. The average Bonchev–Trinajstić information content (AvgIpc) is 3.12. The van der Waals surface area contributed by atoms with Crippen molar-refractivity contribution in [1.29, 1.82) is 0 Å². The van der Waals surface area contributed by atoms with Crippen molar-refractivity contribution in [2.24, 2.45) is 0 Å². The van der Waals surface area contributed by atoms with Crippen molar-refractivity contribution >= 4 is 5.95 Å². The third-order valence-electron chi connectivity index (χ3n) is 4.51. The van der Waals surface area contributed by atoms with Gasteiger partial charge in [-0.15, -0.1) is 0 Å². The molecular formula is C18H19N5O2. The summed E-state index contributed by atoms with van der Waals surface area (Å²) in [5.74, 6) is 2.10. The number of aromatic nitrogens is 4. The second-order valence-electron chi connectivity index (χ2n) is 6.28. The summed E-state index contributed by atoms with van der Waals surface area (Å²) < 4.78 is 5.39. The molecule has 25 heavy (non-hydrogen) atoms. The summed E-state index contributed by atoms with van der Waals surface area (Å²) >= 11 is 0. The van der Waals surface area contributed by atoms with Gasteiger partial charge in [0.25, 0.3) is 17.4 Å². The van der Waals surface area contributed by atoms with E-state index in [2.05, 4.69) is 25.0 Å².